The fourth-order valence-electron chi connectivity index (χ4n) is 2.23. The maximum atomic E-state index is 11.8. The second-order valence-electron chi connectivity index (χ2n) is 5.69. The van der Waals surface area contributed by atoms with Gasteiger partial charge in [0.1, 0.15) is 0 Å². The van der Waals surface area contributed by atoms with Crippen molar-refractivity contribution in [3.63, 3.8) is 0 Å². The van der Waals surface area contributed by atoms with E-state index in [1.165, 1.54) is 12.1 Å². The minimum absolute atomic E-state index is 0.0165. The van der Waals surface area contributed by atoms with Crippen molar-refractivity contribution in [3.05, 3.63) is 59.1 Å². The number of sulfonamides is 1. The summed E-state index contributed by atoms with van der Waals surface area (Å²) in [5.41, 5.74) is 0.941. The lowest BCUT2D eigenvalue weighted by atomic mass is 10.1. The number of nitrogens with one attached hydrogen (secondary N) is 1. The number of nitrogens with two attached hydrogens (primary N) is 1. The van der Waals surface area contributed by atoms with E-state index in [4.69, 9.17) is 16.7 Å². The fourth-order valence-corrected chi connectivity index (χ4v) is 3.73. The molecule has 0 bridgehead atoms. The second-order valence-corrected chi connectivity index (χ2v) is 8.86. The summed E-state index contributed by atoms with van der Waals surface area (Å²) in [5, 5.41) is 8.65. The predicted molar refractivity (Wildman–Crippen MR) is 106 cm³/mol. The zero-order valence-corrected chi connectivity index (χ0v) is 16.5. The van der Waals surface area contributed by atoms with E-state index in [0.717, 1.165) is 22.6 Å². The first-order valence-electron chi connectivity index (χ1n) is 8.11. The second kappa shape index (κ2) is 9.97. The predicted octanol–water partition coefficient (Wildman–Crippen LogP) is 3.22. The molecule has 0 fully saturated rings. The standard InChI is InChI=1S/C18H21ClN2O3S2/c19-15-5-7-16(8-6-15)25-13-1-2-18(22)21-12-11-14-3-9-17(10-4-14)26(20,23)24/h3-10H,1-2,11-13H2,(H,21,22)(H2,20,23,24). The van der Waals surface area contributed by atoms with Crippen molar-refractivity contribution in [2.24, 2.45) is 5.14 Å². The van der Waals surface area contributed by atoms with Crippen LogP contribution in [0.2, 0.25) is 5.02 Å². The number of carbonyl (C=O) groups is 1. The monoisotopic (exact) mass is 412 g/mol. The maximum Gasteiger partial charge on any atom is 0.238 e. The van der Waals surface area contributed by atoms with Gasteiger partial charge in [-0.2, -0.15) is 0 Å². The van der Waals surface area contributed by atoms with Crippen molar-refractivity contribution < 1.29 is 13.2 Å². The Morgan fingerprint density at radius 3 is 2.35 bits per heavy atom. The molecule has 0 saturated carbocycles. The zero-order chi connectivity index (χ0) is 19.0. The first-order valence-corrected chi connectivity index (χ1v) is 11.0. The number of hydrogen-bond acceptors (Lipinski definition) is 4. The molecule has 0 radical (unpaired) electrons. The molecule has 2 aromatic rings. The maximum absolute atomic E-state index is 11.8. The summed E-state index contributed by atoms with van der Waals surface area (Å²) in [6.45, 7) is 0.512. The average molecular weight is 413 g/mol. The smallest absolute Gasteiger partial charge is 0.238 e. The van der Waals surface area contributed by atoms with Crippen LogP contribution in [0.25, 0.3) is 0 Å². The number of rotatable bonds is 9. The van der Waals surface area contributed by atoms with Crippen molar-refractivity contribution >= 4 is 39.3 Å². The minimum Gasteiger partial charge on any atom is -0.356 e. The highest BCUT2D eigenvalue weighted by molar-refractivity contribution is 7.99. The number of amides is 1. The van der Waals surface area contributed by atoms with Gasteiger partial charge < -0.3 is 5.32 Å². The molecule has 0 spiro atoms. The van der Waals surface area contributed by atoms with Gasteiger partial charge in [0.15, 0.2) is 0 Å². The number of carbonyl (C=O) groups excluding carboxylic acids is 1. The van der Waals surface area contributed by atoms with Crippen LogP contribution in [-0.4, -0.2) is 26.6 Å². The van der Waals surface area contributed by atoms with Gasteiger partial charge >= 0.3 is 0 Å². The molecule has 0 unspecified atom stereocenters. The van der Waals surface area contributed by atoms with Crippen LogP contribution >= 0.6 is 23.4 Å². The van der Waals surface area contributed by atoms with Crippen LogP contribution in [0.5, 0.6) is 0 Å². The highest BCUT2D eigenvalue weighted by Crippen LogP contribution is 2.21. The summed E-state index contributed by atoms with van der Waals surface area (Å²) in [6.07, 6.45) is 1.91. The summed E-state index contributed by atoms with van der Waals surface area (Å²) >= 11 is 7.54. The molecule has 8 heteroatoms. The molecule has 0 aromatic heterocycles. The third-order valence-corrected chi connectivity index (χ3v) is 5.90. The Kier molecular flexibility index (Phi) is 7.96. The van der Waals surface area contributed by atoms with E-state index in [1.807, 2.05) is 24.3 Å². The lowest BCUT2D eigenvalue weighted by Crippen LogP contribution is -2.25. The molecule has 0 atom stereocenters. The van der Waals surface area contributed by atoms with Crippen LogP contribution in [-0.2, 0) is 21.2 Å². The van der Waals surface area contributed by atoms with Crippen LogP contribution in [0.1, 0.15) is 18.4 Å². The molecule has 0 heterocycles. The van der Waals surface area contributed by atoms with Gasteiger partial charge in [0, 0.05) is 22.9 Å². The number of benzene rings is 2. The Morgan fingerprint density at radius 1 is 1.08 bits per heavy atom. The van der Waals surface area contributed by atoms with Gasteiger partial charge in [0.05, 0.1) is 4.90 Å². The lowest BCUT2D eigenvalue weighted by Gasteiger charge is -2.06. The fraction of sp³-hybridized carbons (Fsp3) is 0.278. The van der Waals surface area contributed by atoms with Crippen molar-refractivity contribution in [2.45, 2.75) is 29.1 Å². The summed E-state index contributed by atoms with van der Waals surface area (Å²) in [6, 6.07) is 14.0. The van der Waals surface area contributed by atoms with E-state index in [1.54, 1.807) is 23.9 Å². The molecule has 140 valence electrons. The van der Waals surface area contributed by atoms with Gasteiger partial charge in [-0.3, -0.25) is 4.79 Å². The number of hydrogen-bond donors (Lipinski definition) is 2. The van der Waals surface area contributed by atoms with E-state index >= 15 is 0 Å². The van der Waals surface area contributed by atoms with Crippen molar-refractivity contribution in [3.8, 4) is 0 Å². The van der Waals surface area contributed by atoms with Gasteiger partial charge in [-0.15, -0.1) is 11.8 Å². The first-order chi connectivity index (χ1) is 12.3. The summed E-state index contributed by atoms with van der Waals surface area (Å²) < 4.78 is 22.4. The van der Waals surface area contributed by atoms with E-state index < -0.39 is 10.0 Å². The molecule has 5 nitrogen and oxygen atoms in total. The van der Waals surface area contributed by atoms with Gasteiger partial charge in [0.25, 0.3) is 0 Å². The Balaban J connectivity index is 1.62. The lowest BCUT2D eigenvalue weighted by molar-refractivity contribution is -0.121. The highest BCUT2D eigenvalue weighted by atomic mass is 35.5. The quantitative estimate of drug-likeness (QED) is 0.488. The molecule has 2 aromatic carbocycles. The highest BCUT2D eigenvalue weighted by Gasteiger charge is 2.07. The molecular weight excluding hydrogens is 392 g/mol. The van der Waals surface area contributed by atoms with Crippen molar-refractivity contribution in [1.82, 2.24) is 5.32 Å². The Morgan fingerprint density at radius 2 is 1.73 bits per heavy atom. The van der Waals surface area contributed by atoms with Crippen LogP contribution in [0.4, 0.5) is 0 Å². The first kappa shape index (κ1) is 20.8. The third-order valence-electron chi connectivity index (χ3n) is 3.62. The van der Waals surface area contributed by atoms with Crippen LogP contribution in [0, 0.1) is 0 Å². The Labute approximate surface area is 163 Å². The van der Waals surface area contributed by atoms with E-state index in [0.29, 0.717) is 24.4 Å². The molecule has 26 heavy (non-hydrogen) atoms. The van der Waals surface area contributed by atoms with Crippen LogP contribution in [0.15, 0.2) is 58.3 Å². The van der Waals surface area contributed by atoms with Gasteiger partial charge in [-0.25, -0.2) is 13.6 Å². The Hall–Kier alpha value is -1.54. The SMILES string of the molecule is NS(=O)(=O)c1ccc(CCNC(=O)CCCSc2ccc(Cl)cc2)cc1. The number of thioether (sulfide) groups is 1. The average Bonchev–Trinajstić information content (AvgIpc) is 2.60. The summed E-state index contributed by atoms with van der Waals surface area (Å²) in [5.74, 6) is 0.882. The summed E-state index contributed by atoms with van der Waals surface area (Å²) in [7, 11) is -3.67. The topological polar surface area (TPSA) is 89.3 Å². The molecule has 3 N–H and O–H groups in total. The molecule has 0 aliphatic rings. The normalized spacial score (nSPS) is 11.3. The van der Waals surface area contributed by atoms with Gasteiger partial charge in [-0.1, -0.05) is 23.7 Å². The van der Waals surface area contributed by atoms with Crippen LogP contribution < -0.4 is 10.5 Å². The Bertz CT molecular complexity index is 823. The zero-order valence-electron chi connectivity index (χ0n) is 14.2. The molecule has 0 saturated heterocycles. The largest absolute Gasteiger partial charge is 0.356 e. The number of halogens is 1. The van der Waals surface area contributed by atoms with E-state index in [2.05, 4.69) is 5.32 Å². The van der Waals surface area contributed by atoms with E-state index in [-0.39, 0.29) is 10.8 Å². The molecule has 0 aliphatic heterocycles. The third kappa shape index (κ3) is 7.37. The summed E-state index contributed by atoms with van der Waals surface area (Å²) in [4.78, 5) is 13.1. The van der Waals surface area contributed by atoms with Gasteiger partial charge in [0.2, 0.25) is 15.9 Å². The van der Waals surface area contributed by atoms with Gasteiger partial charge in [-0.05, 0) is 60.6 Å². The minimum atomic E-state index is -3.67. The molecule has 2 rings (SSSR count). The van der Waals surface area contributed by atoms with Crippen molar-refractivity contribution in [1.29, 1.82) is 0 Å². The van der Waals surface area contributed by atoms with E-state index in [9.17, 15) is 13.2 Å². The van der Waals surface area contributed by atoms with Crippen molar-refractivity contribution in [2.75, 3.05) is 12.3 Å². The molecular formula is C18H21ClN2O3S2. The molecule has 0 aliphatic carbocycles. The number of primary sulfonamides is 1. The molecule has 1 amide bonds. The van der Waals surface area contributed by atoms with Crippen LogP contribution in [0.3, 0.4) is 0 Å².